The molecule has 0 atom stereocenters. The number of amides is 1. The van der Waals surface area contributed by atoms with Gasteiger partial charge >= 0.3 is 0 Å². The van der Waals surface area contributed by atoms with Crippen molar-refractivity contribution < 1.29 is 9.90 Å². The summed E-state index contributed by atoms with van der Waals surface area (Å²) in [5.74, 6) is 0.737. The molecule has 1 aromatic heterocycles. The van der Waals surface area contributed by atoms with Crippen molar-refractivity contribution in [3.05, 3.63) is 65.7 Å². The Hall–Kier alpha value is -3.69. The van der Waals surface area contributed by atoms with E-state index in [1.54, 1.807) is 12.1 Å². The Labute approximate surface area is 237 Å². The lowest BCUT2D eigenvalue weighted by molar-refractivity contribution is -0.131. The zero-order valence-corrected chi connectivity index (χ0v) is 23.5. The number of nitrogens with two attached hydrogens (primary N) is 1. The summed E-state index contributed by atoms with van der Waals surface area (Å²) in [7, 11) is 0. The summed E-state index contributed by atoms with van der Waals surface area (Å²) >= 11 is 0. The lowest BCUT2D eigenvalue weighted by Gasteiger charge is -2.37. The number of benzene rings is 2. The van der Waals surface area contributed by atoms with Crippen LogP contribution in [-0.4, -0.2) is 94.8 Å². The maximum Gasteiger partial charge on any atom is 0.222 e. The van der Waals surface area contributed by atoms with Crippen LogP contribution in [0, 0.1) is 0 Å². The van der Waals surface area contributed by atoms with Crippen LogP contribution >= 0.6 is 0 Å². The van der Waals surface area contributed by atoms with Crippen molar-refractivity contribution in [2.75, 3.05) is 69.5 Å². The summed E-state index contributed by atoms with van der Waals surface area (Å²) < 4.78 is 0. The van der Waals surface area contributed by atoms with E-state index in [-0.39, 0.29) is 11.7 Å². The van der Waals surface area contributed by atoms with Crippen LogP contribution in [0.2, 0.25) is 0 Å². The minimum atomic E-state index is 0.155. The minimum Gasteiger partial charge on any atom is -0.507 e. The molecule has 0 bridgehead atoms. The molecular weight excluding hydrogens is 502 g/mol. The van der Waals surface area contributed by atoms with Gasteiger partial charge in [-0.1, -0.05) is 43.3 Å². The Morgan fingerprint density at radius 3 is 2.25 bits per heavy atom. The van der Waals surface area contributed by atoms with Crippen LogP contribution in [0.3, 0.4) is 0 Å². The Morgan fingerprint density at radius 2 is 1.55 bits per heavy atom. The van der Waals surface area contributed by atoms with Crippen LogP contribution < -0.4 is 10.6 Å². The zero-order chi connectivity index (χ0) is 27.9. The number of aromatic hydroxyl groups is 1. The number of aromatic nitrogens is 2. The van der Waals surface area contributed by atoms with Crippen LogP contribution in [0.1, 0.15) is 30.9 Å². The van der Waals surface area contributed by atoms with Crippen LogP contribution in [-0.2, 0) is 17.8 Å². The molecule has 0 radical (unpaired) electrons. The van der Waals surface area contributed by atoms with Crippen LogP contribution in [0.4, 0.5) is 11.5 Å². The summed E-state index contributed by atoms with van der Waals surface area (Å²) in [5, 5.41) is 18.5. The number of piperazine rings is 2. The highest BCUT2D eigenvalue weighted by Gasteiger charge is 2.24. The Kier molecular flexibility index (Phi) is 9.13. The predicted molar refractivity (Wildman–Crippen MR) is 159 cm³/mol. The van der Waals surface area contributed by atoms with E-state index in [4.69, 9.17) is 5.73 Å². The van der Waals surface area contributed by atoms with Crippen molar-refractivity contribution >= 4 is 17.4 Å². The van der Waals surface area contributed by atoms with E-state index in [0.29, 0.717) is 49.7 Å². The summed E-state index contributed by atoms with van der Waals surface area (Å²) in [6, 6.07) is 17.9. The molecule has 2 aromatic carbocycles. The summed E-state index contributed by atoms with van der Waals surface area (Å²) in [5.41, 5.74) is 10.9. The van der Waals surface area contributed by atoms with Crippen molar-refractivity contribution in [1.82, 2.24) is 24.9 Å². The molecule has 0 saturated carbocycles. The largest absolute Gasteiger partial charge is 0.507 e. The van der Waals surface area contributed by atoms with Gasteiger partial charge in [-0.3, -0.25) is 9.69 Å². The van der Waals surface area contributed by atoms with Crippen molar-refractivity contribution in [3.63, 3.8) is 0 Å². The Morgan fingerprint density at radius 1 is 0.875 bits per heavy atom. The average Bonchev–Trinajstić information content (AvgIpc) is 2.99. The van der Waals surface area contributed by atoms with Gasteiger partial charge in [-0.15, -0.1) is 10.2 Å². The van der Waals surface area contributed by atoms with Crippen molar-refractivity contribution in [2.24, 2.45) is 0 Å². The lowest BCUT2D eigenvalue weighted by Crippen LogP contribution is -2.49. The van der Waals surface area contributed by atoms with Gasteiger partial charge in [0.2, 0.25) is 5.91 Å². The molecule has 3 heterocycles. The van der Waals surface area contributed by atoms with Crippen molar-refractivity contribution in [1.29, 1.82) is 0 Å². The van der Waals surface area contributed by atoms with Gasteiger partial charge in [0.05, 0.1) is 11.4 Å². The fourth-order valence-corrected chi connectivity index (χ4v) is 5.58. The third-order valence-corrected chi connectivity index (χ3v) is 8.12. The number of nitrogen functional groups attached to an aromatic ring is 1. The van der Waals surface area contributed by atoms with E-state index in [1.807, 2.05) is 23.1 Å². The summed E-state index contributed by atoms with van der Waals surface area (Å²) in [6.07, 6.45) is 2.56. The molecule has 9 heteroatoms. The minimum absolute atomic E-state index is 0.155. The molecule has 212 valence electrons. The number of carbonyl (C=O) groups is 1. The van der Waals surface area contributed by atoms with Gasteiger partial charge in [-0.2, -0.15) is 0 Å². The number of phenolic OH excluding ortho intramolecular Hbond substituents is 1. The quantitative estimate of drug-likeness (QED) is 0.424. The topological polar surface area (TPSA) is 102 Å². The highest BCUT2D eigenvalue weighted by atomic mass is 16.3. The number of aryl methyl sites for hydroxylation is 1. The van der Waals surface area contributed by atoms with Gasteiger partial charge in [-0.05, 0) is 48.7 Å². The van der Waals surface area contributed by atoms with E-state index >= 15 is 0 Å². The summed E-state index contributed by atoms with van der Waals surface area (Å²) in [4.78, 5) is 22.1. The normalized spacial score (nSPS) is 16.8. The molecule has 2 saturated heterocycles. The molecule has 9 nitrogen and oxygen atoms in total. The average molecular weight is 544 g/mol. The molecule has 2 aliphatic rings. The molecule has 40 heavy (non-hydrogen) atoms. The SMILES string of the molecule is CCc1ccc(CN2CCN(CCCC(=O)N3CCN(c4cc(-c5ccccc5O)nnc4N)CC3)CC2)cc1. The van der Waals surface area contributed by atoms with Gasteiger partial charge in [0.25, 0.3) is 0 Å². The van der Waals surface area contributed by atoms with Gasteiger partial charge in [0, 0.05) is 70.9 Å². The monoisotopic (exact) mass is 543 g/mol. The standard InChI is InChI=1S/C31H41N7O2/c1-2-24-9-11-25(12-10-24)23-36-16-14-35(15-17-36)13-5-8-30(40)38-20-18-37(19-21-38)28-22-27(33-34-31(28)32)26-6-3-4-7-29(26)39/h3-4,6-7,9-12,22,39H,2,5,8,13-21,23H2,1H3,(H2,32,34). The predicted octanol–water partition coefficient (Wildman–Crippen LogP) is 3.24. The van der Waals surface area contributed by atoms with Gasteiger partial charge < -0.3 is 25.5 Å². The number of nitrogens with zero attached hydrogens (tertiary/aromatic N) is 6. The van der Waals surface area contributed by atoms with Crippen molar-refractivity contribution in [3.8, 4) is 17.0 Å². The Balaban J connectivity index is 1.03. The first kappa shape index (κ1) is 27.9. The first-order valence-electron chi connectivity index (χ1n) is 14.5. The van der Waals surface area contributed by atoms with Crippen LogP contribution in [0.25, 0.3) is 11.3 Å². The fourth-order valence-electron chi connectivity index (χ4n) is 5.58. The Bertz CT molecular complexity index is 1270. The first-order chi connectivity index (χ1) is 19.5. The molecule has 0 aliphatic carbocycles. The van der Waals surface area contributed by atoms with E-state index in [2.05, 4.69) is 56.1 Å². The van der Waals surface area contributed by atoms with Crippen LogP contribution in [0.15, 0.2) is 54.6 Å². The number of anilines is 2. The number of phenols is 1. The smallest absolute Gasteiger partial charge is 0.222 e. The molecule has 0 unspecified atom stereocenters. The van der Waals surface area contributed by atoms with Crippen LogP contribution in [0.5, 0.6) is 5.75 Å². The molecule has 3 aromatic rings. The van der Waals surface area contributed by atoms with E-state index in [1.165, 1.54) is 11.1 Å². The lowest BCUT2D eigenvalue weighted by atomic mass is 10.1. The van der Waals surface area contributed by atoms with E-state index in [9.17, 15) is 9.90 Å². The zero-order valence-electron chi connectivity index (χ0n) is 23.5. The van der Waals surface area contributed by atoms with E-state index in [0.717, 1.165) is 57.8 Å². The third kappa shape index (κ3) is 6.89. The maximum absolute atomic E-state index is 12.9. The van der Waals surface area contributed by atoms with Gasteiger partial charge in [0.1, 0.15) is 5.75 Å². The van der Waals surface area contributed by atoms with E-state index < -0.39 is 0 Å². The number of para-hydroxylation sites is 1. The number of rotatable bonds is 9. The molecule has 5 rings (SSSR count). The maximum atomic E-state index is 12.9. The highest BCUT2D eigenvalue weighted by molar-refractivity contribution is 5.77. The molecule has 2 aliphatic heterocycles. The third-order valence-electron chi connectivity index (χ3n) is 8.12. The fraction of sp³-hybridized carbons (Fsp3) is 0.452. The second-order valence-corrected chi connectivity index (χ2v) is 10.8. The molecule has 2 fully saturated rings. The number of hydrogen-bond acceptors (Lipinski definition) is 8. The van der Waals surface area contributed by atoms with Gasteiger partial charge in [0.15, 0.2) is 5.82 Å². The number of hydrogen-bond donors (Lipinski definition) is 2. The molecule has 1 amide bonds. The first-order valence-corrected chi connectivity index (χ1v) is 14.5. The molecule has 0 spiro atoms. The number of carbonyl (C=O) groups excluding carboxylic acids is 1. The second kappa shape index (κ2) is 13.1. The van der Waals surface area contributed by atoms with Gasteiger partial charge in [-0.25, -0.2) is 0 Å². The highest BCUT2D eigenvalue weighted by Crippen LogP contribution is 2.31. The molecule has 3 N–H and O–H groups in total. The van der Waals surface area contributed by atoms with Crippen molar-refractivity contribution in [2.45, 2.75) is 32.7 Å². The second-order valence-electron chi connectivity index (χ2n) is 10.8. The summed E-state index contributed by atoms with van der Waals surface area (Å²) in [6.45, 7) is 11.1. The molecular formula is C31H41N7O2.